The summed E-state index contributed by atoms with van der Waals surface area (Å²) in [6.45, 7) is 8.37. The Morgan fingerprint density at radius 3 is 2.40 bits per heavy atom. The van der Waals surface area contributed by atoms with Crippen molar-refractivity contribution in [3.63, 3.8) is 0 Å². The molecular weight excluding hydrogens is 312 g/mol. The number of rotatable bonds is 1. The standard InChI is InChI=1S/C22H36O3/c1-13-11-19-17-6-5-15-12-16(24)7-9-20(15,3)18(17)8-10-21(19,4)22(13,25)14(2)23/h13,15-19,24-25H,5-12H2,1-4H3/t13-,15+,16-,17?,18?,19?,20+,21+,22+/m1/s1. The minimum Gasteiger partial charge on any atom is -0.393 e. The molecule has 4 aliphatic carbocycles. The van der Waals surface area contributed by atoms with Crippen LogP contribution in [0, 0.1) is 40.4 Å². The zero-order valence-corrected chi connectivity index (χ0v) is 16.4. The lowest BCUT2D eigenvalue weighted by molar-refractivity contribution is -0.175. The summed E-state index contributed by atoms with van der Waals surface area (Å²) >= 11 is 0. The van der Waals surface area contributed by atoms with Gasteiger partial charge in [-0.3, -0.25) is 4.79 Å². The molecule has 4 fully saturated rings. The molecule has 0 aromatic rings. The Morgan fingerprint density at radius 2 is 1.72 bits per heavy atom. The van der Waals surface area contributed by atoms with Gasteiger partial charge in [-0.1, -0.05) is 20.8 Å². The second-order valence-corrected chi connectivity index (χ2v) is 10.5. The van der Waals surface area contributed by atoms with Crippen molar-refractivity contribution in [1.29, 1.82) is 0 Å². The highest BCUT2D eigenvalue weighted by Gasteiger charge is 2.68. The summed E-state index contributed by atoms with van der Waals surface area (Å²) in [6.07, 6.45) is 8.53. The van der Waals surface area contributed by atoms with Crippen LogP contribution in [0.3, 0.4) is 0 Å². The van der Waals surface area contributed by atoms with Crippen molar-refractivity contribution >= 4 is 5.78 Å². The molecule has 0 bridgehead atoms. The number of carbonyl (C=O) groups is 1. The highest BCUT2D eigenvalue weighted by atomic mass is 16.3. The van der Waals surface area contributed by atoms with Gasteiger partial charge in [0.05, 0.1) is 6.10 Å². The van der Waals surface area contributed by atoms with E-state index in [1.165, 1.54) is 12.8 Å². The number of carbonyl (C=O) groups excluding carboxylic acids is 1. The predicted octanol–water partition coefficient (Wildman–Crippen LogP) is 3.96. The topological polar surface area (TPSA) is 57.5 Å². The van der Waals surface area contributed by atoms with E-state index in [-0.39, 0.29) is 23.2 Å². The molecule has 0 aliphatic heterocycles. The van der Waals surface area contributed by atoms with Crippen LogP contribution in [0.2, 0.25) is 0 Å². The molecule has 4 aliphatic rings. The van der Waals surface area contributed by atoms with Gasteiger partial charge in [0.15, 0.2) is 5.78 Å². The van der Waals surface area contributed by atoms with Crippen molar-refractivity contribution in [1.82, 2.24) is 0 Å². The summed E-state index contributed by atoms with van der Waals surface area (Å²) in [5.74, 6) is 2.53. The first-order valence-corrected chi connectivity index (χ1v) is 10.6. The van der Waals surface area contributed by atoms with Gasteiger partial charge in [-0.2, -0.15) is 0 Å². The number of ketones is 1. The Kier molecular flexibility index (Phi) is 3.99. The van der Waals surface area contributed by atoms with E-state index < -0.39 is 5.60 Å². The molecule has 142 valence electrons. The third-order valence-electron chi connectivity index (χ3n) is 9.76. The first kappa shape index (κ1) is 18.0. The Morgan fingerprint density at radius 1 is 1.00 bits per heavy atom. The van der Waals surface area contributed by atoms with Gasteiger partial charge in [0, 0.05) is 5.41 Å². The zero-order chi connectivity index (χ0) is 18.2. The van der Waals surface area contributed by atoms with Gasteiger partial charge < -0.3 is 10.2 Å². The van der Waals surface area contributed by atoms with Crippen molar-refractivity contribution < 1.29 is 15.0 Å². The molecule has 0 radical (unpaired) electrons. The lowest BCUT2D eigenvalue weighted by Gasteiger charge is -2.61. The molecule has 4 rings (SSSR count). The fraction of sp³-hybridized carbons (Fsp3) is 0.955. The summed E-state index contributed by atoms with van der Waals surface area (Å²) < 4.78 is 0. The predicted molar refractivity (Wildman–Crippen MR) is 97.9 cm³/mol. The fourth-order valence-electron chi connectivity index (χ4n) is 8.33. The smallest absolute Gasteiger partial charge is 0.162 e. The van der Waals surface area contributed by atoms with Gasteiger partial charge in [-0.05, 0) is 93.3 Å². The minimum absolute atomic E-state index is 0.0239. The molecule has 25 heavy (non-hydrogen) atoms. The minimum atomic E-state index is -1.14. The summed E-state index contributed by atoms with van der Waals surface area (Å²) in [5.41, 5.74) is -1.04. The maximum Gasteiger partial charge on any atom is 0.162 e. The van der Waals surface area contributed by atoms with Crippen LogP contribution in [0.4, 0.5) is 0 Å². The van der Waals surface area contributed by atoms with Gasteiger partial charge in [0.2, 0.25) is 0 Å². The molecule has 4 saturated carbocycles. The van der Waals surface area contributed by atoms with E-state index in [1.807, 2.05) is 0 Å². The number of aliphatic hydroxyl groups is 2. The van der Waals surface area contributed by atoms with Crippen LogP contribution in [-0.4, -0.2) is 27.7 Å². The van der Waals surface area contributed by atoms with Crippen LogP contribution in [0.15, 0.2) is 0 Å². The van der Waals surface area contributed by atoms with E-state index >= 15 is 0 Å². The summed E-state index contributed by atoms with van der Waals surface area (Å²) in [5, 5.41) is 21.6. The van der Waals surface area contributed by atoms with Crippen molar-refractivity contribution in [3.05, 3.63) is 0 Å². The van der Waals surface area contributed by atoms with Gasteiger partial charge in [0.1, 0.15) is 5.60 Å². The Balaban J connectivity index is 1.67. The first-order chi connectivity index (χ1) is 11.6. The molecule has 0 amide bonds. The number of hydrogen-bond acceptors (Lipinski definition) is 3. The van der Waals surface area contributed by atoms with Crippen LogP contribution in [0.1, 0.15) is 79.1 Å². The Bertz CT molecular complexity index is 574. The lowest BCUT2D eigenvalue weighted by Crippen LogP contribution is -2.59. The normalized spacial score (nSPS) is 58.2. The molecule has 0 saturated heterocycles. The molecule has 3 heteroatoms. The molecule has 0 spiro atoms. The first-order valence-electron chi connectivity index (χ1n) is 10.6. The quantitative estimate of drug-likeness (QED) is 0.754. The monoisotopic (exact) mass is 348 g/mol. The van der Waals surface area contributed by atoms with Crippen molar-refractivity contribution in [2.45, 2.75) is 90.8 Å². The van der Waals surface area contributed by atoms with E-state index in [9.17, 15) is 15.0 Å². The second kappa shape index (κ2) is 5.55. The van der Waals surface area contributed by atoms with E-state index in [0.29, 0.717) is 29.1 Å². The molecule has 3 unspecified atom stereocenters. The van der Waals surface area contributed by atoms with E-state index in [4.69, 9.17) is 0 Å². The van der Waals surface area contributed by atoms with E-state index in [1.54, 1.807) is 6.92 Å². The van der Waals surface area contributed by atoms with Gasteiger partial charge in [-0.15, -0.1) is 0 Å². The van der Waals surface area contributed by atoms with Crippen LogP contribution >= 0.6 is 0 Å². The van der Waals surface area contributed by atoms with Crippen LogP contribution in [-0.2, 0) is 4.79 Å². The summed E-state index contributed by atoms with van der Waals surface area (Å²) in [7, 11) is 0. The summed E-state index contributed by atoms with van der Waals surface area (Å²) in [6, 6.07) is 0. The Labute approximate surface area is 152 Å². The molecule has 3 nitrogen and oxygen atoms in total. The molecule has 0 aromatic carbocycles. The molecule has 0 aromatic heterocycles. The van der Waals surface area contributed by atoms with Crippen molar-refractivity contribution in [3.8, 4) is 0 Å². The summed E-state index contributed by atoms with van der Waals surface area (Å²) in [4.78, 5) is 12.4. The van der Waals surface area contributed by atoms with Crippen molar-refractivity contribution in [2.75, 3.05) is 0 Å². The van der Waals surface area contributed by atoms with Gasteiger partial charge in [-0.25, -0.2) is 0 Å². The SMILES string of the molecule is CC(=O)[C@@]1(O)[C@H](C)CC2C3CC[C@H]4C[C@H](O)CC[C@]4(C)C3CC[C@@]21C. The number of fused-ring (bicyclic) bond motifs is 5. The molecule has 0 heterocycles. The fourth-order valence-corrected chi connectivity index (χ4v) is 8.33. The average molecular weight is 349 g/mol. The van der Waals surface area contributed by atoms with Crippen LogP contribution in [0.25, 0.3) is 0 Å². The zero-order valence-electron chi connectivity index (χ0n) is 16.4. The highest BCUT2D eigenvalue weighted by Crippen LogP contribution is 2.69. The average Bonchev–Trinajstić information content (AvgIpc) is 2.77. The van der Waals surface area contributed by atoms with E-state index in [2.05, 4.69) is 20.8 Å². The molecule has 2 N–H and O–H groups in total. The van der Waals surface area contributed by atoms with Crippen LogP contribution in [0.5, 0.6) is 0 Å². The van der Waals surface area contributed by atoms with E-state index in [0.717, 1.165) is 38.5 Å². The number of hydrogen-bond donors (Lipinski definition) is 2. The third kappa shape index (κ3) is 2.15. The third-order valence-corrected chi connectivity index (χ3v) is 9.76. The second-order valence-electron chi connectivity index (χ2n) is 10.5. The maximum absolute atomic E-state index is 12.4. The lowest BCUT2D eigenvalue weighted by atomic mass is 9.44. The number of aliphatic hydroxyl groups excluding tert-OH is 1. The van der Waals surface area contributed by atoms with Gasteiger partial charge in [0.25, 0.3) is 0 Å². The Hall–Kier alpha value is -0.410. The molecular formula is C22H36O3. The number of Topliss-reactive ketones (excluding diaryl/α,β-unsaturated/α-hetero) is 1. The van der Waals surface area contributed by atoms with Crippen LogP contribution < -0.4 is 0 Å². The molecule has 9 atom stereocenters. The highest BCUT2D eigenvalue weighted by molar-refractivity contribution is 5.86. The maximum atomic E-state index is 12.4. The largest absolute Gasteiger partial charge is 0.393 e. The van der Waals surface area contributed by atoms with Crippen molar-refractivity contribution in [2.24, 2.45) is 40.4 Å². The van der Waals surface area contributed by atoms with Gasteiger partial charge >= 0.3 is 0 Å².